The number of hydrogen-bond donors (Lipinski definition) is 0. The minimum atomic E-state index is 0. The molecule has 0 aliphatic rings. The molecule has 2 aromatic carbocycles. The third-order valence-electron chi connectivity index (χ3n) is 1.11. The molecule has 0 saturated carbocycles. The van der Waals surface area contributed by atoms with Crippen molar-refractivity contribution in [3.63, 3.8) is 0 Å². The summed E-state index contributed by atoms with van der Waals surface area (Å²) >= 11 is 4.64. The average molecular weight is 229 g/mol. The van der Waals surface area contributed by atoms with Gasteiger partial charge in [-0.1, -0.05) is 0 Å². The third kappa shape index (κ3) is 11.7. The van der Waals surface area contributed by atoms with Gasteiger partial charge in [0.15, 0.2) is 0 Å². The van der Waals surface area contributed by atoms with Crippen molar-refractivity contribution in [3.05, 3.63) is 60.7 Å². The molecule has 0 bridgehead atoms. The summed E-state index contributed by atoms with van der Waals surface area (Å²) in [5.74, 6) is 0. The zero-order chi connectivity index (χ0) is 9.07. The van der Waals surface area contributed by atoms with Crippen LogP contribution in [0.2, 0.25) is 0 Å². The quantitative estimate of drug-likeness (QED) is 0.367. The van der Waals surface area contributed by atoms with Crippen LogP contribution in [0.4, 0.5) is 0 Å². The van der Waals surface area contributed by atoms with Crippen LogP contribution in [0.5, 0.6) is 0 Å². The van der Waals surface area contributed by atoms with Gasteiger partial charge in [0.05, 0.1) is 0 Å². The molecule has 13 heavy (non-hydrogen) atoms. The van der Waals surface area contributed by atoms with Gasteiger partial charge >= 0.3 is 21.7 Å². The average Bonchev–Trinajstić information content (AvgIpc) is 2.87. The van der Waals surface area contributed by atoms with Crippen molar-refractivity contribution in [1.29, 1.82) is 0 Å². The van der Waals surface area contributed by atoms with Crippen LogP contribution in [0.1, 0.15) is 0 Å². The maximum Gasteiger partial charge on any atom is 2.00 e. The van der Waals surface area contributed by atoms with Crippen LogP contribution in [-0.2, 0) is 21.7 Å². The first-order chi connectivity index (χ1) is 6.00. The van der Waals surface area contributed by atoms with Crippen LogP contribution in [0.15, 0.2) is 60.7 Å². The minimum absolute atomic E-state index is 0. The Kier molecular flexibility index (Phi) is 16.6. The van der Waals surface area contributed by atoms with E-state index in [0.717, 1.165) is 0 Å². The van der Waals surface area contributed by atoms with Crippen molar-refractivity contribution in [3.8, 4) is 0 Å². The van der Waals surface area contributed by atoms with Crippen molar-refractivity contribution in [2.24, 2.45) is 0 Å². The summed E-state index contributed by atoms with van der Waals surface area (Å²) in [6.45, 7) is 0. The molecule has 0 aromatic heterocycles. The SMILES string of the molecule is CCl.[Ti+2].c1cc[cH-]c1.c1cc[cH-]c1. The van der Waals surface area contributed by atoms with Crippen LogP contribution in [0.25, 0.3) is 0 Å². The molecule has 0 spiro atoms. The standard InChI is InChI=1S/2C5H5.CH3Cl.Ti/c2*1-2-4-5-3-1;1-2;/h2*1-5H;1H3;/q2*-1;;+2. The fraction of sp³-hybridized carbons (Fsp3) is 0.0909. The van der Waals surface area contributed by atoms with Gasteiger partial charge in [-0.2, -0.15) is 36.4 Å². The maximum atomic E-state index is 4.64. The van der Waals surface area contributed by atoms with Crippen molar-refractivity contribution < 1.29 is 21.7 Å². The Morgan fingerprint density at radius 3 is 1.00 bits per heavy atom. The summed E-state index contributed by atoms with van der Waals surface area (Å²) in [5.41, 5.74) is 0. The summed E-state index contributed by atoms with van der Waals surface area (Å²) in [7, 11) is 0. The number of halogens is 1. The van der Waals surface area contributed by atoms with Gasteiger partial charge in [-0.3, -0.25) is 0 Å². The Morgan fingerprint density at radius 1 is 0.692 bits per heavy atom. The Labute approximate surface area is 100 Å². The van der Waals surface area contributed by atoms with Gasteiger partial charge in [0.25, 0.3) is 0 Å². The Balaban J connectivity index is 0. The van der Waals surface area contributed by atoms with E-state index in [1.807, 2.05) is 60.7 Å². The number of rotatable bonds is 0. The molecule has 0 unspecified atom stereocenters. The van der Waals surface area contributed by atoms with Crippen LogP contribution in [0.3, 0.4) is 0 Å². The summed E-state index contributed by atoms with van der Waals surface area (Å²) < 4.78 is 0. The van der Waals surface area contributed by atoms with Gasteiger partial charge in [0, 0.05) is 6.38 Å². The van der Waals surface area contributed by atoms with Gasteiger partial charge in [-0.25, -0.2) is 24.3 Å². The largest absolute Gasteiger partial charge is 2.00 e. The zero-order valence-corrected chi connectivity index (χ0v) is 9.97. The second kappa shape index (κ2) is 14.2. The van der Waals surface area contributed by atoms with Crippen LogP contribution in [0, 0.1) is 0 Å². The molecule has 0 atom stereocenters. The van der Waals surface area contributed by atoms with Crippen molar-refractivity contribution in [1.82, 2.24) is 0 Å². The van der Waals surface area contributed by atoms with E-state index in [9.17, 15) is 0 Å². The fourth-order valence-electron chi connectivity index (χ4n) is 0.642. The van der Waals surface area contributed by atoms with E-state index >= 15 is 0 Å². The monoisotopic (exact) mass is 228 g/mol. The third-order valence-corrected chi connectivity index (χ3v) is 1.11. The first kappa shape index (κ1) is 15.2. The van der Waals surface area contributed by atoms with E-state index in [0.29, 0.717) is 0 Å². The summed E-state index contributed by atoms with van der Waals surface area (Å²) in [6, 6.07) is 20.0. The molecule has 0 nitrogen and oxygen atoms in total. The molecule has 0 aliphatic heterocycles. The first-order valence-corrected chi connectivity index (χ1v) is 4.47. The van der Waals surface area contributed by atoms with E-state index in [2.05, 4.69) is 11.6 Å². The topological polar surface area (TPSA) is 0 Å². The Morgan fingerprint density at radius 2 is 0.923 bits per heavy atom. The normalized spacial score (nSPS) is 6.62. The Hall–Kier alpha value is -0.296. The maximum absolute atomic E-state index is 4.64. The van der Waals surface area contributed by atoms with Gasteiger partial charge in [-0.15, -0.1) is 11.6 Å². The predicted molar refractivity (Wildman–Crippen MR) is 55.8 cm³/mol. The van der Waals surface area contributed by atoms with Crippen LogP contribution >= 0.6 is 11.6 Å². The van der Waals surface area contributed by atoms with E-state index < -0.39 is 0 Å². The van der Waals surface area contributed by atoms with Crippen molar-refractivity contribution in [2.45, 2.75) is 0 Å². The zero-order valence-electron chi connectivity index (χ0n) is 7.65. The van der Waals surface area contributed by atoms with E-state index in [4.69, 9.17) is 0 Å². The molecule has 0 radical (unpaired) electrons. The summed E-state index contributed by atoms with van der Waals surface area (Å²) in [4.78, 5) is 0. The number of alkyl halides is 1. The van der Waals surface area contributed by atoms with E-state index in [1.165, 1.54) is 6.38 Å². The van der Waals surface area contributed by atoms with Crippen molar-refractivity contribution >= 4 is 11.6 Å². The van der Waals surface area contributed by atoms with Gasteiger partial charge < -0.3 is 0 Å². The van der Waals surface area contributed by atoms with Gasteiger partial charge in [0.1, 0.15) is 0 Å². The molecule has 0 aliphatic carbocycles. The van der Waals surface area contributed by atoms with Crippen molar-refractivity contribution in [2.75, 3.05) is 6.38 Å². The fourth-order valence-corrected chi connectivity index (χ4v) is 0.642. The molecule has 2 heteroatoms. The molecular weight excluding hydrogens is 215 g/mol. The van der Waals surface area contributed by atoms with E-state index in [1.54, 1.807) is 0 Å². The molecular formula is C11H13ClTi. The predicted octanol–water partition coefficient (Wildman–Crippen LogP) is 3.66. The second-order valence-corrected chi connectivity index (χ2v) is 1.92. The molecule has 0 saturated heterocycles. The van der Waals surface area contributed by atoms with Gasteiger partial charge in [0.2, 0.25) is 0 Å². The van der Waals surface area contributed by atoms with Gasteiger partial charge in [-0.05, 0) is 0 Å². The first-order valence-electron chi connectivity index (χ1n) is 3.71. The molecule has 0 amide bonds. The number of hydrogen-bond acceptors (Lipinski definition) is 0. The molecule has 0 N–H and O–H groups in total. The van der Waals surface area contributed by atoms with E-state index in [-0.39, 0.29) is 21.7 Å². The summed E-state index contributed by atoms with van der Waals surface area (Å²) in [5, 5.41) is 0. The molecule has 2 rings (SSSR count). The minimum Gasteiger partial charge on any atom is -0.214 e. The molecule has 0 heterocycles. The Bertz CT molecular complexity index is 149. The molecule has 68 valence electrons. The molecule has 2 aromatic rings. The van der Waals surface area contributed by atoms with Crippen LogP contribution in [-0.4, -0.2) is 6.38 Å². The summed E-state index contributed by atoms with van der Waals surface area (Å²) in [6.07, 6.45) is 1.47. The second-order valence-electron chi connectivity index (χ2n) is 1.92. The smallest absolute Gasteiger partial charge is 0.214 e. The molecule has 0 fully saturated rings. The van der Waals surface area contributed by atoms with Crippen LogP contribution < -0.4 is 0 Å².